The molecule has 9 rings (SSSR count). The number of para-hydroxylation sites is 1. The van der Waals surface area contributed by atoms with E-state index in [1.807, 2.05) is 25.1 Å². The van der Waals surface area contributed by atoms with E-state index in [9.17, 15) is 0 Å². The number of hydrogen-bond acceptors (Lipinski definition) is 9. The van der Waals surface area contributed by atoms with Gasteiger partial charge in [-0.3, -0.25) is 14.5 Å². The fourth-order valence-electron chi connectivity index (χ4n) is 7.93. The van der Waals surface area contributed by atoms with E-state index in [2.05, 4.69) is 74.1 Å². The van der Waals surface area contributed by atoms with Gasteiger partial charge in [0.1, 0.15) is 24.1 Å². The number of likely N-dealkylation sites (tertiary alicyclic amines) is 1. The minimum atomic E-state index is -1.18. The molecule has 4 aliphatic rings. The quantitative estimate of drug-likeness (QED) is 0.0865. The van der Waals surface area contributed by atoms with E-state index in [0.29, 0.717) is 29.3 Å². The Labute approximate surface area is 323 Å². The second-order valence-corrected chi connectivity index (χ2v) is 22.8. The molecule has 2 atom stereocenters. The van der Waals surface area contributed by atoms with Crippen molar-refractivity contribution >= 4 is 30.7 Å². The molecular formula is C41H50ClN7O4Si. The van der Waals surface area contributed by atoms with Crippen LogP contribution in [0.4, 0.5) is 0 Å². The summed E-state index contributed by atoms with van der Waals surface area (Å²) in [7, 11) is -1.18. The van der Waals surface area contributed by atoms with Crippen molar-refractivity contribution in [2.45, 2.75) is 108 Å². The number of aromatic nitrogens is 6. The molecule has 1 aliphatic carbocycles. The van der Waals surface area contributed by atoms with Gasteiger partial charge in [-0.25, -0.2) is 4.98 Å². The molecule has 0 spiro atoms. The molecule has 0 amide bonds. The summed E-state index contributed by atoms with van der Waals surface area (Å²) in [4.78, 5) is 12.3. The molecule has 0 radical (unpaired) electrons. The molecule has 2 saturated heterocycles. The highest BCUT2D eigenvalue weighted by Gasteiger charge is 2.42. The zero-order chi connectivity index (χ0) is 37.0. The number of rotatable bonds is 13. The zero-order valence-corrected chi connectivity index (χ0v) is 33.5. The molecule has 0 N–H and O–H groups in total. The van der Waals surface area contributed by atoms with Crippen LogP contribution in [0.2, 0.25) is 30.7 Å². The van der Waals surface area contributed by atoms with Crippen LogP contribution in [0.5, 0.6) is 11.5 Å². The van der Waals surface area contributed by atoms with Crippen LogP contribution >= 0.6 is 11.6 Å². The van der Waals surface area contributed by atoms with E-state index in [0.717, 1.165) is 123 Å². The Hall–Kier alpha value is -3.81. The second-order valence-electron chi connectivity index (χ2n) is 16.8. The summed E-state index contributed by atoms with van der Waals surface area (Å²) in [6.07, 6.45) is 7.30. The first kappa shape index (κ1) is 35.9. The van der Waals surface area contributed by atoms with E-state index in [4.69, 9.17) is 40.6 Å². The van der Waals surface area contributed by atoms with Crippen LogP contribution in [0.25, 0.3) is 22.4 Å². The predicted molar refractivity (Wildman–Crippen MR) is 211 cm³/mol. The molecule has 1 unspecified atom stereocenters. The smallest absolute Gasteiger partial charge is 0.292 e. The monoisotopic (exact) mass is 767 g/mol. The molecule has 2 aromatic carbocycles. The fraction of sp³-hybridized carbons (Fsp3) is 0.512. The maximum absolute atomic E-state index is 6.55. The van der Waals surface area contributed by atoms with Gasteiger partial charge in [-0.1, -0.05) is 43.4 Å². The number of benzene rings is 2. The number of nitrogens with zero attached hydrogens (tertiary/aromatic N) is 7. The minimum absolute atomic E-state index is 0.222. The Balaban J connectivity index is 0.921. The SMILES string of the molecule is CC1(c2ccc(Cl)cn2)Oc2cccc(C3CCN(Cc4nc5cc(-c6nnc(C7CC7)n6COCC[Si](C)(C)C)ccc5n4C[C@@H]4CCO4)CC3)c2O1. The van der Waals surface area contributed by atoms with Crippen LogP contribution in [0.1, 0.15) is 73.8 Å². The largest absolute Gasteiger partial charge is 0.443 e. The van der Waals surface area contributed by atoms with Crippen molar-refractivity contribution in [1.29, 1.82) is 0 Å². The van der Waals surface area contributed by atoms with Crippen LogP contribution in [0.3, 0.4) is 0 Å². The van der Waals surface area contributed by atoms with E-state index < -0.39 is 13.9 Å². The van der Waals surface area contributed by atoms with Crippen LogP contribution in [-0.2, 0) is 35.1 Å². The number of ether oxygens (including phenoxy) is 4. The third kappa shape index (κ3) is 7.31. The standard InChI is InChI=1S/C41H50ClN7O4Si/c1-41(36-13-11-30(42)23-43-36)52-35-7-5-6-32(38(35)53-41)27-14-17-47(18-15-27)25-37-44-33-22-29(10-12-34(33)48(37)24-31-16-19-51-31)40-46-45-39(28-8-9-28)49(40)26-50-20-21-54(2,3)4/h5-7,10-13,22-23,27-28,31H,8-9,14-21,24-26H2,1-4H3/t31-,41?/m0/s1. The Morgan fingerprint density at radius 1 is 0.944 bits per heavy atom. The summed E-state index contributed by atoms with van der Waals surface area (Å²) in [5, 5.41) is 9.95. The van der Waals surface area contributed by atoms with Crippen LogP contribution in [0, 0.1) is 0 Å². The maximum atomic E-state index is 6.55. The van der Waals surface area contributed by atoms with Crippen molar-refractivity contribution in [3.05, 3.63) is 82.7 Å². The summed E-state index contributed by atoms with van der Waals surface area (Å²) in [5.74, 6) is 4.41. The number of piperidine rings is 1. The number of pyridine rings is 1. The molecular weight excluding hydrogens is 718 g/mol. The lowest BCUT2D eigenvalue weighted by atomic mass is 9.88. The Bertz CT molecular complexity index is 2130. The molecule has 3 aliphatic heterocycles. The summed E-state index contributed by atoms with van der Waals surface area (Å²) >= 11 is 6.11. The van der Waals surface area contributed by atoms with E-state index in [-0.39, 0.29) is 6.10 Å². The predicted octanol–water partition coefficient (Wildman–Crippen LogP) is 8.35. The first-order valence-electron chi connectivity index (χ1n) is 19.6. The van der Waals surface area contributed by atoms with Gasteiger partial charge in [0.15, 0.2) is 17.3 Å². The number of imidazole rings is 1. The van der Waals surface area contributed by atoms with Gasteiger partial charge in [-0.15, -0.1) is 10.2 Å². The second kappa shape index (κ2) is 14.4. The van der Waals surface area contributed by atoms with Crippen LogP contribution < -0.4 is 9.47 Å². The van der Waals surface area contributed by atoms with Gasteiger partial charge < -0.3 is 23.5 Å². The lowest BCUT2D eigenvalue weighted by Crippen LogP contribution is -2.35. The van der Waals surface area contributed by atoms with Gasteiger partial charge in [0.2, 0.25) is 0 Å². The average Bonchev–Trinajstić information content (AvgIpc) is 3.65. The normalized spacial score (nSPS) is 21.9. The highest BCUT2D eigenvalue weighted by Crippen LogP contribution is 2.49. The topological polar surface area (TPSA) is 102 Å². The third-order valence-electron chi connectivity index (χ3n) is 11.4. The molecule has 1 saturated carbocycles. The molecule has 0 bridgehead atoms. The van der Waals surface area contributed by atoms with E-state index >= 15 is 0 Å². The van der Waals surface area contributed by atoms with Crippen LogP contribution in [0.15, 0.2) is 54.7 Å². The van der Waals surface area contributed by atoms with Crippen LogP contribution in [-0.4, -0.2) is 74.7 Å². The number of halogens is 1. The summed E-state index contributed by atoms with van der Waals surface area (Å²) in [5.41, 5.74) is 5.03. The summed E-state index contributed by atoms with van der Waals surface area (Å²) in [6.45, 7) is 14.7. The molecule has 284 valence electrons. The highest BCUT2D eigenvalue weighted by atomic mass is 35.5. The highest BCUT2D eigenvalue weighted by molar-refractivity contribution is 6.76. The molecule has 11 nitrogen and oxygen atoms in total. The Kier molecular flexibility index (Phi) is 9.54. The first-order chi connectivity index (χ1) is 26.1. The molecule has 6 heterocycles. The van der Waals surface area contributed by atoms with Crippen molar-refractivity contribution in [2.75, 3.05) is 26.3 Å². The number of hydrogen-bond donors (Lipinski definition) is 0. The van der Waals surface area contributed by atoms with Gasteiger partial charge in [-0.05, 0) is 93.6 Å². The van der Waals surface area contributed by atoms with Crippen molar-refractivity contribution in [1.82, 2.24) is 34.2 Å². The van der Waals surface area contributed by atoms with E-state index in [1.165, 1.54) is 5.56 Å². The average molecular weight is 768 g/mol. The van der Waals surface area contributed by atoms with Crippen molar-refractivity contribution in [2.24, 2.45) is 0 Å². The molecule has 54 heavy (non-hydrogen) atoms. The fourth-order valence-corrected chi connectivity index (χ4v) is 8.80. The van der Waals surface area contributed by atoms with Crippen molar-refractivity contribution < 1.29 is 18.9 Å². The van der Waals surface area contributed by atoms with Crippen molar-refractivity contribution in [3.8, 4) is 22.9 Å². The van der Waals surface area contributed by atoms with Gasteiger partial charge in [-0.2, -0.15) is 0 Å². The van der Waals surface area contributed by atoms with Crippen molar-refractivity contribution in [3.63, 3.8) is 0 Å². The number of fused-ring (bicyclic) bond motifs is 2. The van der Waals surface area contributed by atoms with Gasteiger partial charge in [0.25, 0.3) is 5.79 Å². The summed E-state index contributed by atoms with van der Waals surface area (Å²) < 4.78 is 29.7. The van der Waals surface area contributed by atoms with Gasteiger partial charge in [0.05, 0.1) is 35.2 Å². The maximum Gasteiger partial charge on any atom is 0.292 e. The Morgan fingerprint density at radius 2 is 1.78 bits per heavy atom. The molecule has 13 heteroatoms. The minimum Gasteiger partial charge on any atom is -0.443 e. The van der Waals surface area contributed by atoms with Gasteiger partial charge in [0, 0.05) is 51.5 Å². The van der Waals surface area contributed by atoms with E-state index in [1.54, 1.807) is 6.20 Å². The van der Waals surface area contributed by atoms with Gasteiger partial charge >= 0.3 is 0 Å². The molecule has 3 fully saturated rings. The molecule has 5 aromatic rings. The lowest BCUT2D eigenvalue weighted by molar-refractivity contribution is -0.0722. The zero-order valence-electron chi connectivity index (χ0n) is 31.8. The molecule has 3 aromatic heterocycles. The summed E-state index contributed by atoms with van der Waals surface area (Å²) in [6, 6.07) is 17.6. The Morgan fingerprint density at radius 3 is 2.50 bits per heavy atom. The third-order valence-corrected chi connectivity index (χ3v) is 13.3. The first-order valence-corrected chi connectivity index (χ1v) is 23.7. The lowest BCUT2D eigenvalue weighted by Gasteiger charge is -2.33.